The van der Waals surface area contributed by atoms with Crippen LogP contribution in [0.25, 0.3) is 0 Å². The van der Waals surface area contributed by atoms with Crippen LogP contribution in [-0.2, 0) is 0 Å². The summed E-state index contributed by atoms with van der Waals surface area (Å²) in [5, 5.41) is 18.1. The van der Waals surface area contributed by atoms with Gasteiger partial charge in [0.15, 0.2) is 0 Å². The van der Waals surface area contributed by atoms with Gasteiger partial charge in [-0.2, -0.15) is 5.10 Å². The van der Waals surface area contributed by atoms with Gasteiger partial charge in [-0.3, -0.25) is 10.2 Å². The monoisotopic (exact) mass is 392 g/mol. The summed E-state index contributed by atoms with van der Waals surface area (Å²) >= 11 is 6.04. The minimum atomic E-state index is -1.26. The van der Waals surface area contributed by atoms with Gasteiger partial charge in [-0.05, 0) is 47.5 Å². The SMILES string of the molecule is O=C([O-])c1cccc(N/N=C\c2cccc(NC(=O)c3ccccc3Cl)c2)c1. The van der Waals surface area contributed by atoms with Crippen molar-refractivity contribution in [1.82, 2.24) is 0 Å². The summed E-state index contributed by atoms with van der Waals surface area (Å²) in [6.07, 6.45) is 1.55. The number of rotatable bonds is 6. The number of anilines is 2. The van der Waals surface area contributed by atoms with E-state index in [-0.39, 0.29) is 11.5 Å². The van der Waals surface area contributed by atoms with Crippen LogP contribution in [0, 0.1) is 0 Å². The molecular weight excluding hydrogens is 378 g/mol. The molecule has 0 saturated carbocycles. The zero-order valence-electron chi connectivity index (χ0n) is 14.6. The zero-order chi connectivity index (χ0) is 19.9. The number of hydrogen-bond donors (Lipinski definition) is 2. The van der Waals surface area contributed by atoms with Gasteiger partial charge >= 0.3 is 0 Å². The smallest absolute Gasteiger partial charge is 0.257 e. The van der Waals surface area contributed by atoms with E-state index in [1.165, 1.54) is 12.1 Å². The van der Waals surface area contributed by atoms with Crippen LogP contribution in [-0.4, -0.2) is 18.1 Å². The Balaban J connectivity index is 1.67. The summed E-state index contributed by atoms with van der Waals surface area (Å²) in [5.41, 5.74) is 5.04. The molecule has 0 atom stereocenters. The third-order valence-electron chi connectivity index (χ3n) is 3.77. The van der Waals surface area contributed by atoms with Crippen LogP contribution >= 0.6 is 11.6 Å². The van der Waals surface area contributed by atoms with Crippen LogP contribution in [0.5, 0.6) is 0 Å². The number of halogens is 1. The Morgan fingerprint density at radius 1 is 0.929 bits per heavy atom. The molecule has 3 rings (SSSR count). The molecule has 3 aromatic rings. The third-order valence-corrected chi connectivity index (χ3v) is 4.10. The lowest BCUT2D eigenvalue weighted by molar-refractivity contribution is -0.255. The van der Waals surface area contributed by atoms with E-state index < -0.39 is 5.97 Å². The van der Waals surface area contributed by atoms with Crippen molar-refractivity contribution in [1.29, 1.82) is 0 Å². The summed E-state index contributed by atoms with van der Waals surface area (Å²) in [7, 11) is 0. The normalized spacial score (nSPS) is 10.6. The number of carbonyl (C=O) groups excluding carboxylic acids is 2. The van der Waals surface area contributed by atoms with E-state index in [4.69, 9.17) is 11.6 Å². The van der Waals surface area contributed by atoms with Gasteiger partial charge in [-0.25, -0.2) is 0 Å². The summed E-state index contributed by atoms with van der Waals surface area (Å²) in [6, 6.07) is 20.0. The standard InChI is InChI=1S/C21H16ClN3O3/c22-19-10-2-1-9-18(19)20(26)24-16-7-3-5-14(11-16)13-23-25-17-8-4-6-15(12-17)21(27)28/h1-13,25H,(H,24,26)(H,27,28)/p-1/b23-13-. The fraction of sp³-hybridized carbons (Fsp3) is 0. The number of amides is 1. The zero-order valence-corrected chi connectivity index (χ0v) is 15.3. The molecule has 6 nitrogen and oxygen atoms in total. The number of nitrogens with one attached hydrogen (secondary N) is 2. The first-order valence-electron chi connectivity index (χ1n) is 8.29. The maximum Gasteiger partial charge on any atom is 0.257 e. The minimum Gasteiger partial charge on any atom is -0.545 e. The molecule has 0 radical (unpaired) electrons. The Kier molecular flexibility index (Phi) is 6.04. The van der Waals surface area contributed by atoms with Crippen LogP contribution in [0.3, 0.4) is 0 Å². The summed E-state index contributed by atoms with van der Waals surface area (Å²) in [5.74, 6) is -1.56. The van der Waals surface area contributed by atoms with Crippen molar-refractivity contribution >= 4 is 41.1 Å². The number of hydrazone groups is 1. The van der Waals surface area contributed by atoms with E-state index in [2.05, 4.69) is 15.8 Å². The Morgan fingerprint density at radius 2 is 1.68 bits per heavy atom. The van der Waals surface area contributed by atoms with Crippen molar-refractivity contribution < 1.29 is 14.7 Å². The quantitative estimate of drug-likeness (QED) is 0.496. The van der Waals surface area contributed by atoms with E-state index in [1.54, 1.807) is 60.8 Å². The molecule has 0 aromatic heterocycles. The topological polar surface area (TPSA) is 93.6 Å². The number of nitrogens with zero attached hydrogens (tertiary/aromatic N) is 1. The molecular formula is C21H15ClN3O3-. The Hall–Kier alpha value is -3.64. The van der Waals surface area contributed by atoms with Crippen LogP contribution < -0.4 is 15.8 Å². The van der Waals surface area contributed by atoms with Crippen LogP contribution in [0.4, 0.5) is 11.4 Å². The maximum atomic E-state index is 12.3. The van der Waals surface area contributed by atoms with E-state index in [1.807, 2.05) is 6.07 Å². The number of aromatic carboxylic acids is 1. The number of benzene rings is 3. The van der Waals surface area contributed by atoms with E-state index >= 15 is 0 Å². The van der Waals surface area contributed by atoms with Gasteiger partial charge in [-0.1, -0.05) is 48.0 Å². The maximum absolute atomic E-state index is 12.3. The summed E-state index contributed by atoms with van der Waals surface area (Å²) < 4.78 is 0. The fourth-order valence-corrected chi connectivity index (χ4v) is 2.66. The molecule has 0 aliphatic heterocycles. The molecule has 0 aliphatic rings. The molecule has 2 N–H and O–H groups in total. The first-order chi connectivity index (χ1) is 13.5. The van der Waals surface area contributed by atoms with Gasteiger partial charge in [-0.15, -0.1) is 0 Å². The van der Waals surface area contributed by atoms with Crippen molar-refractivity contribution in [2.24, 2.45) is 5.10 Å². The molecule has 28 heavy (non-hydrogen) atoms. The molecule has 0 spiro atoms. The van der Waals surface area contributed by atoms with Gasteiger partial charge in [0.2, 0.25) is 0 Å². The minimum absolute atomic E-state index is 0.0597. The Morgan fingerprint density at radius 3 is 2.46 bits per heavy atom. The lowest BCUT2D eigenvalue weighted by atomic mass is 10.2. The first-order valence-corrected chi connectivity index (χ1v) is 8.67. The molecule has 0 saturated heterocycles. The molecule has 0 heterocycles. The lowest BCUT2D eigenvalue weighted by Crippen LogP contribution is -2.22. The predicted molar refractivity (Wildman–Crippen MR) is 108 cm³/mol. The van der Waals surface area contributed by atoms with Gasteiger partial charge in [0.05, 0.1) is 28.5 Å². The van der Waals surface area contributed by atoms with Crippen molar-refractivity contribution in [3.8, 4) is 0 Å². The van der Waals surface area contributed by atoms with E-state index in [0.29, 0.717) is 22.0 Å². The first kappa shape index (κ1) is 19.1. The van der Waals surface area contributed by atoms with Crippen molar-refractivity contribution in [2.45, 2.75) is 0 Å². The highest BCUT2D eigenvalue weighted by Gasteiger charge is 2.09. The summed E-state index contributed by atoms with van der Waals surface area (Å²) in [6.45, 7) is 0. The molecule has 0 aliphatic carbocycles. The third kappa shape index (κ3) is 4.96. The molecule has 3 aromatic carbocycles. The van der Waals surface area contributed by atoms with Gasteiger partial charge in [0.1, 0.15) is 0 Å². The average Bonchev–Trinajstić information content (AvgIpc) is 2.69. The second kappa shape index (κ2) is 8.83. The van der Waals surface area contributed by atoms with Gasteiger partial charge in [0.25, 0.3) is 5.91 Å². The molecule has 0 bridgehead atoms. The fourth-order valence-electron chi connectivity index (χ4n) is 2.44. The lowest BCUT2D eigenvalue weighted by Gasteiger charge is -2.07. The Bertz CT molecular complexity index is 1050. The number of hydrogen-bond acceptors (Lipinski definition) is 5. The van der Waals surface area contributed by atoms with Crippen molar-refractivity contribution in [2.75, 3.05) is 10.7 Å². The molecule has 7 heteroatoms. The molecule has 0 fully saturated rings. The van der Waals surface area contributed by atoms with Gasteiger partial charge in [0, 0.05) is 5.69 Å². The second-order valence-corrected chi connectivity index (χ2v) is 6.20. The molecule has 140 valence electrons. The van der Waals surface area contributed by atoms with Crippen LogP contribution in [0.2, 0.25) is 5.02 Å². The number of carboxylic acids is 1. The highest BCUT2D eigenvalue weighted by atomic mass is 35.5. The second-order valence-electron chi connectivity index (χ2n) is 5.80. The predicted octanol–water partition coefficient (Wildman–Crippen LogP) is 3.40. The van der Waals surface area contributed by atoms with E-state index in [0.717, 1.165) is 5.56 Å². The highest BCUT2D eigenvalue weighted by Crippen LogP contribution is 2.18. The number of carboxylic acid groups (broad SMARTS) is 1. The largest absolute Gasteiger partial charge is 0.545 e. The number of carbonyl (C=O) groups is 2. The van der Waals surface area contributed by atoms with Crippen LogP contribution in [0.15, 0.2) is 77.9 Å². The summed E-state index contributed by atoms with van der Waals surface area (Å²) in [4.78, 5) is 23.2. The van der Waals surface area contributed by atoms with Crippen molar-refractivity contribution in [3.05, 3.63) is 94.5 Å². The highest BCUT2D eigenvalue weighted by molar-refractivity contribution is 6.34. The molecule has 1 amide bonds. The van der Waals surface area contributed by atoms with Crippen molar-refractivity contribution in [3.63, 3.8) is 0 Å². The Labute approximate surface area is 166 Å². The van der Waals surface area contributed by atoms with E-state index in [9.17, 15) is 14.7 Å². The van der Waals surface area contributed by atoms with Crippen LogP contribution in [0.1, 0.15) is 26.3 Å². The van der Waals surface area contributed by atoms with Gasteiger partial charge < -0.3 is 15.2 Å². The molecule has 0 unspecified atom stereocenters. The average molecular weight is 393 g/mol.